The molecule has 1 aromatic rings. The average Bonchev–Trinajstić information content (AvgIpc) is 2.93. The van der Waals surface area contributed by atoms with Gasteiger partial charge in [0.2, 0.25) is 11.4 Å². The van der Waals surface area contributed by atoms with Gasteiger partial charge in [-0.3, -0.25) is 4.79 Å². The van der Waals surface area contributed by atoms with Crippen LogP contribution in [0.25, 0.3) is 0 Å². The van der Waals surface area contributed by atoms with Crippen molar-refractivity contribution in [2.45, 2.75) is 83.8 Å². The number of rotatable bonds is 6. The smallest absolute Gasteiger partial charge is 0.418 e. The van der Waals surface area contributed by atoms with Crippen LogP contribution < -0.4 is 0 Å². The summed E-state index contributed by atoms with van der Waals surface area (Å²) in [6, 6.07) is 8.03. The molecular formula is C25H37NO8Si. The van der Waals surface area contributed by atoms with Gasteiger partial charge >= 0.3 is 18.0 Å². The van der Waals surface area contributed by atoms with Crippen molar-refractivity contribution >= 4 is 32.3 Å². The van der Waals surface area contributed by atoms with E-state index in [4.69, 9.17) is 13.9 Å². The molecule has 0 aromatic heterocycles. The maximum atomic E-state index is 13.3. The van der Waals surface area contributed by atoms with Crippen LogP contribution in [0, 0.1) is 5.92 Å². The van der Waals surface area contributed by atoms with Gasteiger partial charge in [-0.1, -0.05) is 39.0 Å². The summed E-state index contributed by atoms with van der Waals surface area (Å²) in [5.74, 6) is -4.27. The molecule has 2 amide bonds. The standard InChI is InChI=1S/C25H37NO8Si/c1-16-18(33-20(28)17-13-11-10-12-14-17)25(21(29)30,15-32-35(8,9)24(5,6)7)26(19(16)27)22(31)34-23(2,3)4/h10-14,16,18H,15H2,1-9H3,(H,29,30)/t16-,18-,25+/m1/s1. The van der Waals surface area contributed by atoms with Crippen LogP contribution in [-0.4, -0.2) is 66.1 Å². The number of esters is 1. The Hall–Kier alpha value is -2.72. The first kappa shape index (κ1) is 28.5. The molecule has 1 saturated heterocycles. The summed E-state index contributed by atoms with van der Waals surface area (Å²) in [4.78, 5) is 53.0. The van der Waals surface area contributed by atoms with E-state index in [1.807, 2.05) is 33.9 Å². The van der Waals surface area contributed by atoms with E-state index in [-0.39, 0.29) is 10.6 Å². The number of ether oxygens (including phenoxy) is 2. The number of likely N-dealkylation sites (tertiary alicyclic amines) is 1. The van der Waals surface area contributed by atoms with E-state index in [0.29, 0.717) is 4.90 Å². The highest BCUT2D eigenvalue weighted by Gasteiger charge is 2.68. The lowest BCUT2D eigenvalue weighted by molar-refractivity contribution is -0.161. The van der Waals surface area contributed by atoms with Gasteiger partial charge in [0.25, 0.3) is 0 Å². The number of aliphatic carboxylic acids is 1. The van der Waals surface area contributed by atoms with Crippen LogP contribution >= 0.6 is 0 Å². The Morgan fingerprint density at radius 1 is 1.06 bits per heavy atom. The largest absolute Gasteiger partial charge is 0.479 e. The van der Waals surface area contributed by atoms with Crippen molar-refractivity contribution < 1.29 is 38.2 Å². The molecule has 194 valence electrons. The molecule has 0 unspecified atom stereocenters. The summed E-state index contributed by atoms with van der Waals surface area (Å²) >= 11 is 0. The van der Waals surface area contributed by atoms with Gasteiger partial charge in [0.1, 0.15) is 5.60 Å². The van der Waals surface area contributed by atoms with E-state index in [2.05, 4.69) is 0 Å². The van der Waals surface area contributed by atoms with Crippen LogP contribution in [0.5, 0.6) is 0 Å². The Morgan fingerprint density at radius 3 is 2.06 bits per heavy atom. The second kappa shape index (κ2) is 9.73. The highest BCUT2D eigenvalue weighted by molar-refractivity contribution is 6.74. The maximum Gasteiger partial charge on any atom is 0.418 e. The quantitative estimate of drug-likeness (QED) is 0.442. The zero-order chi connectivity index (χ0) is 27.0. The summed E-state index contributed by atoms with van der Waals surface area (Å²) in [6.07, 6.45) is -2.63. The van der Waals surface area contributed by atoms with Crippen molar-refractivity contribution in [3.05, 3.63) is 35.9 Å². The summed E-state index contributed by atoms with van der Waals surface area (Å²) in [7, 11) is -2.55. The summed E-state index contributed by atoms with van der Waals surface area (Å²) in [5, 5.41) is 10.2. The second-order valence-corrected chi connectivity index (χ2v) is 16.2. The zero-order valence-corrected chi connectivity index (χ0v) is 23.0. The summed E-state index contributed by atoms with van der Waals surface area (Å²) < 4.78 is 17.3. The van der Waals surface area contributed by atoms with Crippen LogP contribution in [-0.2, 0) is 23.5 Å². The van der Waals surface area contributed by atoms with E-state index >= 15 is 0 Å². The molecular weight excluding hydrogens is 470 g/mol. The minimum absolute atomic E-state index is 0.187. The predicted octanol–water partition coefficient (Wildman–Crippen LogP) is 4.47. The number of carbonyl (C=O) groups is 4. The molecule has 1 aromatic carbocycles. The first-order valence-corrected chi connectivity index (χ1v) is 14.5. The van der Waals surface area contributed by atoms with E-state index < -0.39 is 62.0 Å². The third kappa shape index (κ3) is 5.75. The number of amides is 2. The first-order valence-electron chi connectivity index (χ1n) is 11.6. The van der Waals surface area contributed by atoms with E-state index in [1.54, 1.807) is 39.0 Å². The van der Waals surface area contributed by atoms with Gasteiger partial charge in [-0.15, -0.1) is 0 Å². The van der Waals surface area contributed by atoms with Crippen molar-refractivity contribution in [2.24, 2.45) is 5.92 Å². The molecule has 0 radical (unpaired) electrons. The number of benzene rings is 1. The fourth-order valence-corrected chi connectivity index (χ4v) is 4.53. The van der Waals surface area contributed by atoms with E-state index in [1.165, 1.54) is 19.1 Å². The SMILES string of the molecule is C[C@H]1C(=O)N(C(=O)OC(C)(C)C)[C@](CO[Si](C)(C)C(C)(C)C)(C(=O)O)[C@@H]1OC(=O)c1ccccc1. The fourth-order valence-electron chi connectivity index (χ4n) is 3.52. The number of hydrogen-bond acceptors (Lipinski definition) is 7. The van der Waals surface area contributed by atoms with Gasteiger partial charge in [-0.05, 0) is 58.0 Å². The van der Waals surface area contributed by atoms with Crippen LogP contribution in [0.4, 0.5) is 4.79 Å². The lowest BCUT2D eigenvalue weighted by atomic mass is 9.89. The number of carboxylic acids is 1. The van der Waals surface area contributed by atoms with Crippen molar-refractivity contribution in [1.82, 2.24) is 4.90 Å². The minimum Gasteiger partial charge on any atom is -0.479 e. The van der Waals surface area contributed by atoms with Gasteiger partial charge in [-0.25, -0.2) is 19.3 Å². The number of hydrogen-bond donors (Lipinski definition) is 1. The molecule has 9 nitrogen and oxygen atoms in total. The normalized spacial score (nSPS) is 23.2. The Kier molecular flexibility index (Phi) is 7.93. The second-order valence-electron chi connectivity index (χ2n) is 11.4. The molecule has 3 atom stereocenters. The fraction of sp³-hybridized carbons (Fsp3) is 0.600. The number of imide groups is 1. The third-order valence-electron chi connectivity index (χ3n) is 6.58. The molecule has 0 spiro atoms. The van der Waals surface area contributed by atoms with Gasteiger partial charge in [-0.2, -0.15) is 0 Å². The van der Waals surface area contributed by atoms with E-state index in [0.717, 1.165) is 0 Å². The summed E-state index contributed by atoms with van der Waals surface area (Å²) in [6.45, 7) is 15.5. The van der Waals surface area contributed by atoms with E-state index in [9.17, 15) is 24.3 Å². The molecule has 1 aliphatic heterocycles. The Bertz CT molecular complexity index is 979. The van der Waals surface area contributed by atoms with Crippen LogP contribution in [0.1, 0.15) is 58.8 Å². The molecule has 1 heterocycles. The van der Waals surface area contributed by atoms with Crippen LogP contribution in [0.3, 0.4) is 0 Å². The zero-order valence-electron chi connectivity index (χ0n) is 22.0. The van der Waals surface area contributed by atoms with Crippen molar-refractivity contribution in [3.8, 4) is 0 Å². The molecule has 0 aliphatic carbocycles. The molecule has 10 heteroatoms. The molecule has 1 aliphatic rings. The molecule has 1 N–H and O–H groups in total. The van der Waals surface area contributed by atoms with Crippen molar-refractivity contribution in [3.63, 3.8) is 0 Å². The predicted molar refractivity (Wildman–Crippen MR) is 131 cm³/mol. The third-order valence-corrected chi connectivity index (χ3v) is 11.1. The van der Waals surface area contributed by atoms with Crippen LogP contribution in [0.2, 0.25) is 18.1 Å². The highest BCUT2D eigenvalue weighted by atomic mass is 28.4. The molecule has 1 fully saturated rings. The van der Waals surface area contributed by atoms with Gasteiger partial charge in [0.05, 0.1) is 18.1 Å². The van der Waals surface area contributed by atoms with Crippen molar-refractivity contribution in [2.75, 3.05) is 6.61 Å². The Balaban J connectivity index is 2.62. The maximum absolute atomic E-state index is 13.3. The monoisotopic (exact) mass is 507 g/mol. The van der Waals surface area contributed by atoms with Gasteiger partial charge in [0.15, 0.2) is 14.4 Å². The van der Waals surface area contributed by atoms with Gasteiger partial charge in [0, 0.05) is 0 Å². The highest BCUT2D eigenvalue weighted by Crippen LogP contribution is 2.42. The molecule has 35 heavy (non-hydrogen) atoms. The summed E-state index contributed by atoms with van der Waals surface area (Å²) in [5.41, 5.74) is -3.12. The van der Waals surface area contributed by atoms with Crippen molar-refractivity contribution in [1.29, 1.82) is 0 Å². The Morgan fingerprint density at radius 2 is 1.60 bits per heavy atom. The topological polar surface area (TPSA) is 119 Å². The lowest BCUT2D eigenvalue weighted by Gasteiger charge is -2.42. The molecule has 2 rings (SSSR count). The average molecular weight is 508 g/mol. The number of nitrogens with zero attached hydrogens (tertiary/aromatic N) is 1. The minimum atomic E-state index is -2.55. The first-order chi connectivity index (χ1) is 15.8. The van der Waals surface area contributed by atoms with Crippen LogP contribution in [0.15, 0.2) is 30.3 Å². The molecule has 0 bridgehead atoms. The van der Waals surface area contributed by atoms with Gasteiger partial charge < -0.3 is 19.0 Å². The Labute approximate surface area is 207 Å². The number of carbonyl (C=O) groups excluding carboxylic acids is 3. The lowest BCUT2D eigenvalue weighted by Crippen LogP contribution is -2.65. The molecule has 0 saturated carbocycles. The number of carboxylic acid groups (broad SMARTS) is 1.